The third kappa shape index (κ3) is 2.70. The zero-order valence-corrected chi connectivity index (χ0v) is 10.1. The van der Waals surface area contributed by atoms with Crippen LogP contribution < -0.4 is 11.1 Å². The van der Waals surface area contributed by atoms with E-state index in [2.05, 4.69) is 17.2 Å². The van der Waals surface area contributed by atoms with Gasteiger partial charge in [-0.05, 0) is 18.4 Å². The quantitative estimate of drug-likeness (QED) is 0.777. The van der Waals surface area contributed by atoms with Gasteiger partial charge >= 0.3 is 0 Å². The number of para-hydroxylation sites is 1. The van der Waals surface area contributed by atoms with Crippen LogP contribution in [0.25, 0.3) is 11.0 Å². The van der Waals surface area contributed by atoms with Crippen LogP contribution in [0.2, 0.25) is 0 Å². The zero-order valence-electron chi connectivity index (χ0n) is 10.1. The maximum absolute atomic E-state index is 10.9. The van der Waals surface area contributed by atoms with Crippen LogP contribution in [0.5, 0.6) is 0 Å². The highest BCUT2D eigenvalue weighted by Gasteiger charge is 2.02. The van der Waals surface area contributed by atoms with Gasteiger partial charge in [0.25, 0.3) is 0 Å². The summed E-state index contributed by atoms with van der Waals surface area (Å²) in [5.74, 6) is 6.07. The molecule has 0 bridgehead atoms. The molecule has 1 aromatic carbocycles. The van der Waals surface area contributed by atoms with E-state index in [1.165, 1.54) is 0 Å². The molecular formula is C14H14N2O2. The van der Waals surface area contributed by atoms with Crippen molar-refractivity contribution in [3.63, 3.8) is 0 Å². The normalized spacial score (nSPS) is 9.89. The number of hydrogen-bond donors (Lipinski definition) is 2. The third-order valence-electron chi connectivity index (χ3n) is 2.51. The van der Waals surface area contributed by atoms with Crippen molar-refractivity contribution in [2.45, 2.75) is 6.92 Å². The predicted octanol–water partition coefficient (Wildman–Crippen LogP) is 1.17. The van der Waals surface area contributed by atoms with Crippen molar-refractivity contribution in [3.8, 4) is 11.8 Å². The average molecular weight is 242 g/mol. The number of fused-ring (bicyclic) bond motifs is 1. The van der Waals surface area contributed by atoms with Gasteiger partial charge in [0.15, 0.2) is 5.76 Å². The number of furan rings is 1. The molecule has 3 N–H and O–H groups in total. The van der Waals surface area contributed by atoms with Crippen molar-refractivity contribution in [2.75, 3.05) is 13.1 Å². The van der Waals surface area contributed by atoms with E-state index >= 15 is 0 Å². The molecule has 0 radical (unpaired) electrons. The first-order valence-electron chi connectivity index (χ1n) is 5.65. The van der Waals surface area contributed by atoms with E-state index in [-0.39, 0.29) is 19.0 Å². The van der Waals surface area contributed by atoms with E-state index in [0.29, 0.717) is 5.76 Å². The van der Waals surface area contributed by atoms with E-state index in [0.717, 1.165) is 16.5 Å². The highest BCUT2D eigenvalue weighted by Crippen LogP contribution is 2.21. The second-order valence-electron chi connectivity index (χ2n) is 3.89. The van der Waals surface area contributed by atoms with Gasteiger partial charge in [-0.1, -0.05) is 24.1 Å². The number of nitrogens with two attached hydrogens (primary N) is 1. The number of carbonyl (C=O) groups is 1. The van der Waals surface area contributed by atoms with Gasteiger partial charge in [-0.2, -0.15) is 0 Å². The van der Waals surface area contributed by atoms with Crippen LogP contribution in [0.1, 0.15) is 11.3 Å². The van der Waals surface area contributed by atoms with Crippen LogP contribution in [0.4, 0.5) is 0 Å². The van der Waals surface area contributed by atoms with Gasteiger partial charge in [0.1, 0.15) is 5.58 Å². The zero-order chi connectivity index (χ0) is 13.0. The molecule has 18 heavy (non-hydrogen) atoms. The molecular weight excluding hydrogens is 228 g/mol. The summed E-state index contributed by atoms with van der Waals surface area (Å²) < 4.78 is 5.62. The summed E-state index contributed by atoms with van der Waals surface area (Å²) in [6.07, 6.45) is 0. The fourth-order valence-electron chi connectivity index (χ4n) is 1.62. The minimum absolute atomic E-state index is 0.0223. The molecule has 1 heterocycles. The summed E-state index contributed by atoms with van der Waals surface area (Å²) in [5.41, 5.74) is 7.09. The maximum Gasteiger partial charge on any atom is 0.234 e. The highest BCUT2D eigenvalue weighted by molar-refractivity contribution is 5.81. The lowest BCUT2D eigenvalue weighted by Gasteiger charge is -1.94. The topological polar surface area (TPSA) is 68.3 Å². The number of amides is 1. The predicted molar refractivity (Wildman–Crippen MR) is 69.9 cm³/mol. The van der Waals surface area contributed by atoms with Crippen molar-refractivity contribution in [1.82, 2.24) is 5.32 Å². The molecule has 0 aliphatic heterocycles. The fourth-order valence-corrected chi connectivity index (χ4v) is 1.62. The van der Waals surface area contributed by atoms with Crippen LogP contribution in [0, 0.1) is 18.8 Å². The number of hydrogen-bond acceptors (Lipinski definition) is 3. The lowest BCUT2D eigenvalue weighted by Crippen LogP contribution is -2.30. The molecule has 0 spiro atoms. The molecule has 1 amide bonds. The summed E-state index contributed by atoms with van der Waals surface area (Å²) in [6, 6.07) is 7.84. The largest absolute Gasteiger partial charge is 0.447 e. The second-order valence-corrected chi connectivity index (χ2v) is 3.89. The summed E-state index contributed by atoms with van der Waals surface area (Å²) in [4.78, 5) is 10.9. The van der Waals surface area contributed by atoms with Crippen LogP contribution in [-0.2, 0) is 4.79 Å². The van der Waals surface area contributed by atoms with Crippen LogP contribution in [-0.4, -0.2) is 19.0 Å². The summed E-state index contributed by atoms with van der Waals surface area (Å²) in [7, 11) is 0. The van der Waals surface area contributed by atoms with Crippen molar-refractivity contribution in [1.29, 1.82) is 0 Å². The lowest BCUT2D eigenvalue weighted by molar-refractivity contribution is -0.119. The van der Waals surface area contributed by atoms with E-state index in [1.54, 1.807) is 0 Å². The van der Waals surface area contributed by atoms with E-state index in [4.69, 9.17) is 10.2 Å². The Morgan fingerprint density at radius 1 is 1.50 bits per heavy atom. The first-order valence-corrected chi connectivity index (χ1v) is 5.65. The van der Waals surface area contributed by atoms with Crippen LogP contribution in [0.3, 0.4) is 0 Å². The molecule has 0 saturated carbocycles. The lowest BCUT2D eigenvalue weighted by atomic mass is 10.2. The van der Waals surface area contributed by atoms with Gasteiger partial charge in [-0.3, -0.25) is 4.79 Å². The number of carbonyl (C=O) groups excluding carboxylic acids is 1. The molecule has 0 aliphatic carbocycles. The smallest absolute Gasteiger partial charge is 0.234 e. The van der Waals surface area contributed by atoms with Gasteiger partial charge in [-0.15, -0.1) is 0 Å². The van der Waals surface area contributed by atoms with Gasteiger partial charge in [-0.25, -0.2) is 0 Å². The molecule has 4 heteroatoms. The average Bonchev–Trinajstić information content (AvgIpc) is 2.79. The Balaban J connectivity index is 2.11. The molecule has 0 aliphatic rings. The van der Waals surface area contributed by atoms with Crippen molar-refractivity contribution in [2.24, 2.45) is 5.73 Å². The molecule has 0 fully saturated rings. The number of benzene rings is 1. The number of aryl methyl sites for hydroxylation is 1. The fraction of sp³-hybridized carbons (Fsp3) is 0.214. The molecule has 2 aromatic rings. The molecule has 0 saturated heterocycles. The molecule has 1 aromatic heterocycles. The Morgan fingerprint density at radius 2 is 2.33 bits per heavy atom. The minimum atomic E-state index is -0.218. The van der Waals surface area contributed by atoms with E-state index in [1.807, 2.05) is 31.2 Å². The molecule has 92 valence electrons. The summed E-state index contributed by atoms with van der Waals surface area (Å²) in [6.45, 7) is 2.24. The number of rotatable bonds is 2. The number of nitrogens with one attached hydrogen (secondary N) is 1. The minimum Gasteiger partial charge on any atom is -0.447 e. The van der Waals surface area contributed by atoms with Gasteiger partial charge in [0.2, 0.25) is 5.91 Å². The van der Waals surface area contributed by atoms with Gasteiger partial charge < -0.3 is 15.5 Å². The Morgan fingerprint density at radius 3 is 3.06 bits per heavy atom. The highest BCUT2D eigenvalue weighted by atomic mass is 16.3. The second kappa shape index (κ2) is 5.39. The SMILES string of the molecule is Cc1cccc2cc(C#CCNC(=O)CN)oc12. The van der Waals surface area contributed by atoms with Crippen molar-refractivity contribution in [3.05, 3.63) is 35.6 Å². The first-order chi connectivity index (χ1) is 8.70. The molecule has 2 rings (SSSR count). The van der Waals surface area contributed by atoms with E-state index in [9.17, 15) is 4.79 Å². The molecule has 4 nitrogen and oxygen atoms in total. The standard InChI is InChI=1S/C14H14N2O2/c1-10-4-2-5-11-8-12(18-14(10)11)6-3-7-16-13(17)9-15/h2,4-5,8H,7,9,15H2,1H3,(H,16,17). The maximum atomic E-state index is 10.9. The van der Waals surface area contributed by atoms with Crippen molar-refractivity contribution < 1.29 is 9.21 Å². The van der Waals surface area contributed by atoms with Crippen molar-refractivity contribution >= 4 is 16.9 Å². The Kier molecular flexibility index (Phi) is 3.66. The van der Waals surface area contributed by atoms with E-state index < -0.39 is 0 Å². The molecule has 0 unspecified atom stereocenters. The summed E-state index contributed by atoms with van der Waals surface area (Å²) in [5, 5.41) is 3.60. The summed E-state index contributed by atoms with van der Waals surface area (Å²) >= 11 is 0. The van der Waals surface area contributed by atoms with Crippen LogP contribution >= 0.6 is 0 Å². The van der Waals surface area contributed by atoms with Crippen LogP contribution in [0.15, 0.2) is 28.7 Å². The Hall–Kier alpha value is -2.25. The molecule has 0 atom stereocenters. The van der Waals surface area contributed by atoms with Gasteiger partial charge in [0, 0.05) is 11.5 Å². The Bertz CT molecular complexity index is 632. The Labute approximate surface area is 105 Å². The first kappa shape index (κ1) is 12.2. The third-order valence-corrected chi connectivity index (χ3v) is 2.51. The van der Waals surface area contributed by atoms with Gasteiger partial charge in [0.05, 0.1) is 13.1 Å². The monoisotopic (exact) mass is 242 g/mol.